The van der Waals surface area contributed by atoms with Crippen LogP contribution < -0.4 is 10.5 Å². The van der Waals surface area contributed by atoms with Crippen LogP contribution in [-0.2, 0) is 0 Å². The third kappa shape index (κ3) is 2.46. The van der Waals surface area contributed by atoms with Crippen molar-refractivity contribution in [1.29, 1.82) is 0 Å². The number of aryl methyl sites for hydroxylation is 1. The molecular weight excluding hydrogens is 214 g/mol. The van der Waals surface area contributed by atoms with E-state index >= 15 is 0 Å². The number of aromatic nitrogens is 2. The predicted octanol–water partition coefficient (Wildman–Crippen LogP) is 2.70. The minimum absolute atomic E-state index is 0.486. The van der Waals surface area contributed by atoms with Crippen molar-refractivity contribution in [2.45, 2.75) is 26.7 Å². The van der Waals surface area contributed by atoms with Crippen LogP contribution in [0.5, 0.6) is 5.75 Å². The van der Waals surface area contributed by atoms with Gasteiger partial charge < -0.3 is 10.5 Å². The van der Waals surface area contributed by atoms with Gasteiger partial charge in [-0.15, -0.1) is 0 Å². The van der Waals surface area contributed by atoms with Crippen molar-refractivity contribution in [2.75, 3.05) is 12.3 Å². The number of ether oxygens (including phenoxy) is 1. The summed E-state index contributed by atoms with van der Waals surface area (Å²) >= 11 is 0. The lowest BCUT2D eigenvalue weighted by Gasteiger charge is -2.10. The van der Waals surface area contributed by atoms with Crippen molar-refractivity contribution in [2.24, 2.45) is 0 Å². The van der Waals surface area contributed by atoms with E-state index in [1.165, 1.54) is 0 Å². The fourth-order valence-corrected chi connectivity index (χ4v) is 1.75. The van der Waals surface area contributed by atoms with Gasteiger partial charge in [-0.05, 0) is 25.5 Å². The second-order valence-electron chi connectivity index (χ2n) is 4.01. The molecule has 2 aromatic rings. The Bertz CT molecular complexity index is 525. The molecule has 0 amide bonds. The first kappa shape index (κ1) is 11.6. The van der Waals surface area contributed by atoms with Crippen molar-refractivity contribution < 1.29 is 4.74 Å². The maximum atomic E-state index is 5.93. The zero-order valence-corrected chi connectivity index (χ0v) is 10.2. The first-order valence-corrected chi connectivity index (χ1v) is 5.88. The summed E-state index contributed by atoms with van der Waals surface area (Å²) in [4.78, 5) is 8.53. The first-order valence-electron chi connectivity index (χ1n) is 5.88. The quantitative estimate of drug-likeness (QED) is 0.822. The van der Waals surface area contributed by atoms with Crippen LogP contribution in [0.4, 0.5) is 5.82 Å². The van der Waals surface area contributed by atoms with E-state index in [-0.39, 0.29) is 0 Å². The average molecular weight is 231 g/mol. The molecule has 4 heteroatoms. The van der Waals surface area contributed by atoms with Crippen molar-refractivity contribution >= 4 is 16.7 Å². The lowest BCUT2D eigenvalue weighted by molar-refractivity contribution is 0.313. The van der Waals surface area contributed by atoms with E-state index in [1.807, 2.05) is 25.1 Å². The van der Waals surface area contributed by atoms with Gasteiger partial charge in [0.25, 0.3) is 0 Å². The van der Waals surface area contributed by atoms with E-state index in [1.54, 1.807) is 0 Å². The molecule has 1 aromatic heterocycles. The van der Waals surface area contributed by atoms with Crippen molar-refractivity contribution in [3.8, 4) is 5.75 Å². The number of nitrogens with zero attached hydrogens (tertiary/aromatic N) is 2. The molecule has 0 spiro atoms. The first-order chi connectivity index (χ1) is 8.22. The van der Waals surface area contributed by atoms with Crippen molar-refractivity contribution in [3.05, 3.63) is 24.0 Å². The largest absolute Gasteiger partial charge is 0.493 e. The van der Waals surface area contributed by atoms with Crippen LogP contribution in [-0.4, -0.2) is 16.6 Å². The van der Waals surface area contributed by atoms with Crippen LogP contribution in [0.25, 0.3) is 10.9 Å². The van der Waals surface area contributed by atoms with Gasteiger partial charge in [0.2, 0.25) is 0 Å². The Morgan fingerprint density at radius 3 is 2.88 bits per heavy atom. The van der Waals surface area contributed by atoms with Crippen LogP contribution in [0.1, 0.15) is 25.6 Å². The second kappa shape index (κ2) is 4.99. The third-order valence-corrected chi connectivity index (χ3v) is 2.58. The summed E-state index contributed by atoms with van der Waals surface area (Å²) in [5, 5.41) is 0.814. The molecule has 2 rings (SSSR count). The Morgan fingerprint density at radius 1 is 1.29 bits per heavy atom. The smallest absolute Gasteiger partial charge is 0.138 e. The lowest BCUT2D eigenvalue weighted by Crippen LogP contribution is -2.02. The molecule has 1 aromatic carbocycles. The van der Waals surface area contributed by atoms with E-state index in [0.717, 1.165) is 29.5 Å². The molecule has 0 unspecified atom stereocenters. The van der Waals surface area contributed by atoms with Crippen LogP contribution in [0.3, 0.4) is 0 Å². The minimum Gasteiger partial charge on any atom is -0.493 e. The van der Waals surface area contributed by atoms with Crippen LogP contribution in [0, 0.1) is 6.92 Å². The summed E-state index contributed by atoms with van der Waals surface area (Å²) in [5.41, 5.74) is 6.77. The Hall–Kier alpha value is -1.84. The molecule has 90 valence electrons. The molecule has 0 aliphatic rings. The van der Waals surface area contributed by atoms with Crippen LogP contribution in [0.2, 0.25) is 0 Å². The molecular formula is C13H17N3O. The van der Waals surface area contributed by atoms with Gasteiger partial charge >= 0.3 is 0 Å². The summed E-state index contributed by atoms with van der Waals surface area (Å²) < 4.78 is 5.72. The Labute approximate surface area is 101 Å². The number of nitrogens with two attached hydrogens (primary N) is 1. The van der Waals surface area contributed by atoms with Gasteiger partial charge in [0, 0.05) is 0 Å². The summed E-state index contributed by atoms with van der Waals surface area (Å²) in [6, 6.07) is 5.76. The molecule has 0 saturated heterocycles. The van der Waals surface area contributed by atoms with E-state index < -0.39 is 0 Å². The molecule has 0 bridgehead atoms. The Kier molecular flexibility index (Phi) is 3.42. The van der Waals surface area contributed by atoms with Gasteiger partial charge in [-0.3, -0.25) is 0 Å². The highest BCUT2D eigenvalue weighted by molar-refractivity contribution is 5.93. The number of unbranched alkanes of at least 4 members (excludes halogenated alkanes) is 1. The molecule has 0 aliphatic carbocycles. The van der Waals surface area contributed by atoms with E-state index in [0.29, 0.717) is 18.2 Å². The molecule has 0 atom stereocenters. The van der Waals surface area contributed by atoms with Gasteiger partial charge in [-0.25, -0.2) is 9.97 Å². The fraction of sp³-hybridized carbons (Fsp3) is 0.385. The van der Waals surface area contributed by atoms with Crippen molar-refractivity contribution in [1.82, 2.24) is 9.97 Å². The maximum Gasteiger partial charge on any atom is 0.138 e. The molecule has 4 nitrogen and oxygen atoms in total. The molecule has 0 aliphatic heterocycles. The topological polar surface area (TPSA) is 61.0 Å². The van der Waals surface area contributed by atoms with E-state index in [4.69, 9.17) is 10.5 Å². The number of anilines is 1. The average Bonchev–Trinajstić information content (AvgIpc) is 2.28. The summed E-state index contributed by atoms with van der Waals surface area (Å²) in [7, 11) is 0. The predicted molar refractivity (Wildman–Crippen MR) is 69.1 cm³/mol. The standard InChI is InChI=1S/C13H17N3O/c1-3-4-8-17-11-7-5-6-10-12(11)13(14)16-9(2)15-10/h5-7H,3-4,8H2,1-2H3,(H2,14,15,16). The zero-order valence-electron chi connectivity index (χ0n) is 10.2. The molecule has 1 heterocycles. The van der Waals surface area contributed by atoms with Crippen molar-refractivity contribution in [3.63, 3.8) is 0 Å². The normalized spacial score (nSPS) is 10.7. The minimum atomic E-state index is 0.486. The van der Waals surface area contributed by atoms with Crippen LogP contribution >= 0.6 is 0 Å². The highest BCUT2D eigenvalue weighted by atomic mass is 16.5. The van der Waals surface area contributed by atoms with E-state index in [2.05, 4.69) is 16.9 Å². The number of rotatable bonds is 4. The number of fused-ring (bicyclic) bond motifs is 1. The SMILES string of the molecule is CCCCOc1cccc2nc(C)nc(N)c12. The zero-order chi connectivity index (χ0) is 12.3. The van der Waals surface area contributed by atoms with Gasteiger partial charge in [0.1, 0.15) is 17.4 Å². The summed E-state index contributed by atoms with van der Waals surface area (Å²) in [6.45, 7) is 4.66. The second-order valence-corrected chi connectivity index (χ2v) is 4.01. The lowest BCUT2D eigenvalue weighted by atomic mass is 10.2. The van der Waals surface area contributed by atoms with Gasteiger partial charge in [0.15, 0.2) is 0 Å². The monoisotopic (exact) mass is 231 g/mol. The molecule has 0 fully saturated rings. The molecule has 17 heavy (non-hydrogen) atoms. The molecule has 0 saturated carbocycles. The number of nitrogen functional groups attached to an aromatic ring is 1. The number of benzene rings is 1. The van der Waals surface area contributed by atoms with Gasteiger partial charge in [-0.2, -0.15) is 0 Å². The van der Waals surface area contributed by atoms with Crippen LogP contribution in [0.15, 0.2) is 18.2 Å². The maximum absolute atomic E-state index is 5.93. The highest BCUT2D eigenvalue weighted by Gasteiger charge is 2.08. The Morgan fingerprint density at radius 2 is 2.12 bits per heavy atom. The number of hydrogen-bond acceptors (Lipinski definition) is 4. The number of hydrogen-bond donors (Lipinski definition) is 1. The van der Waals surface area contributed by atoms with Gasteiger partial charge in [0.05, 0.1) is 17.5 Å². The Balaban J connectivity index is 2.42. The summed E-state index contributed by atoms with van der Waals surface area (Å²) in [6.07, 6.45) is 2.14. The van der Waals surface area contributed by atoms with Gasteiger partial charge in [-0.1, -0.05) is 19.4 Å². The fourth-order valence-electron chi connectivity index (χ4n) is 1.75. The highest BCUT2D eigenvalue weighted by Crippen LogP contribution is 2.28. The molecule has 2 N–H and O–H groups in total. The van der Waals surface area contributed by atoms with E-state index in [9.17, 15) is 0 Å². The summed E-state index contributed by atoms with van der Waals surface area (Å²) in [5.74, 6) is 1.94. The molecule has 0 radical (unpaired) electrons. The third-order valence-electron chi connectivity index (χ3n) is 2.58.